The summed E-state index contributed by atoms with van der Waals surface area (Å²) in [5.74, 6) is 0. The summed E-state index contributed by atoms with van der Waals surface area (Å²) in [4.78, 5) is 15.1. The van der Waals surface area contributed by atoms with Crippen LogP contribution in [0.4, 0.5) is 5.69 Å². The number of thiazole rings is 1. The first-order chi connectivity index (χ1) is 13.1. The van der Waals surface area contributed by atoms with Gasteiger partial charge in [0, 0.05) is 22.0 Å². The van der Waals surface area contributed by atoms with Crippen LogP contribution in [-0.2, 0) is 0 Å². The van der Waals surface area contributed by atoms with Crippen molar-refractivity contribution in [3.63, 3.8) is 0 Å². The van der Waals surface area contributed by atoms with Crippen LogP contribution in [0.2, 0.25) is 5.02 Å². The van der Waals surface area contributed by atoms with Gasteiger partial charge in [-0.25, -0.2) is 4.98 Å². The molecule has 1 aromatic heterocycles. The molecule has 2 aromatic carbocycles. The molecule has 0 fully saturated rings. The molecule has 3 rings (SSSR count). The lowest BCUT2D eigenvalue weighted by Gasteiger charge is -1.96. The highest BCUT2D eigenvalue weighted by Gasteiger charge is 2.10. The van der Waals surface area contributed by atoms with Crippen molar-refractivity contribution in [1.29, 1.82) is 5.26 Å². The molecule has 0 radical (unpaired) electrons. The van der Waals surface area contributed by atoms with E-state index in [1.165, 1.54) is 17.4 Å². The van der Waals surface area contributed by atoms with E-state index in [9.17, 15) is 15.4 Å². The van der Waals surface area contributed by atoms with E-state index in [0.717, 1.165) is 11.3 Å². The third-order valence-electron chi connectivity index (χ3n) is 3.67. The molecule has 1 heterocycles. The van der Waals surface area contributed by atoms with Crippen LogP contribution in [0.5, 0.6) is 0 Å². The number of halogens is 1. The monoisotopic (exact) mass is 393 g/mol. The minimum Gasteiger partial charge on any atom is -0.258 e. The van der Waals surface area contributed by atoms with Crippen molar-refractivity contribution >= 4 is 40.3 Å². The van der Waals surface area contributed by atoms with Crippen LogP contribution in [0.1, 0.15) is 10.6 Å². The molecule has 0 saturated carbocycles. The van der Waals surface area contributed by atoms with E-state index in [1.807, 2.05) is 17.5 Å². The molecule has 0 aliphatic heterocycles. The molecule has 0 aliphatic rings. The summed E-state index contributed by atoms with van der Waals surface area (Å²) in [5.41, 5.74) is 2.54. The van der Waals surface area contributed by atoms with E-state index >= 15 is 0 Å². The first-order valence-corrected chi connectivity index (χ1v) is 9.08. The van der Waals surface area contributed by atoms with Crippen molar-refractivity contribution in [2.45, 2.75) is 0 Å². The Morgan fingerprint density at radius 1 is 1.22 bits per heavy atom. The zero-order chi connectivity index (χ0) is 19.2. The molecule has 0 aliphatic carbocycles. The molecule has 27 heavy (non-hydrogen) atoms. The molecule has 0 bridgehead atoms. The van der Waals surface area contributed by atoms with Crippen molar-refractivity contribution in [3.05, 3.63) is 91.8 Å². The van der Waals surface area contributed by atoms with Crippen molar-refractivity contribution in [1.82, 2.24) is 4.98 Å². The number of nitrogens with zero attached hydrogens (tertiary/aromatic N) is 3. The number of nitriles is 1. The van der Waals surface area contributed by atoms with Crippen LogP contribution in [0, 0.1) is 21.4 Å². The van der Waals surface area contributed by atoms with Gasteiger partial charge in [-0.1, -0.05) is 41.9 Å². The van der Waals surface area contributed by atoms with Gasteiger partial charge in [0.05, 0.1) is 21.8 Å². The van der Waals surface area contributed by atoms with E-state index in [-0.39, 0.29) is 5.69 Å². The molecule has 0 amide bonds. The van der Waals surface area contributed by atoms with Crippen LogP contribution < -0.4 is 0 Å². The van der Waals surface area contributed by atoms with Gasteiger partial charge in [-0.15, -0.1) is 11.3 Å². The van der Waals surface area contributed by atoms with Crippen molar-refractivity contribution < 1.29 is 4.92 Å². The van der Waals surface area contributed by atoms with Gasteiger partial charge < -0.3 is 0 Å². The van der Waals surface area contributed by atoms with Crippen molar-refractivity contribution in [3.8, 4) is 17.3 Å². The van der Waals surface area contributed by atoms with E-state index < -0.39 is 4.92 Å². The SMILES string of the molecule is N#CC(=CC=Cc1ccccc1[N+](=O)[O-])c1nc(-c2ccc(Cl)cc2)cs1. The molecular formula is C20H12ClN3O2S. The number of para-hydroxylation sites is 1. The molecule has 5 nitrogen and oxygen atoms in total. The van der Waals surface area contributed by atoms with Crippen molar-refractivity contribution in [2.24, 2.45) is 0 Å². The molecular weight excluding hydrogens is 382 g/mol. The summed E-state index contributed by atoms with van der Waals surface area (Å²) in [7, 11) is 0. The molecule has 3 aromatic rings. The van der Waals surface area contributed by atoms with Crippen molar-refractivity contribution in [2.75, 3.05) is 0 Å². The van der Waals surface area contributed by atoms with Crippen LogP contribution in [0.3, 0.4) is 0 Å². The molecule has 0 atom stereocenters. The molecule has 132 valence electrons. The predicted molar refractivity (Wildman–Crippen MR) is 108 cm³/mol. The minimum absolute atomic E-state index is 0.0138. The highest BCUT2D eigenvalue weighted by Crippen LogP contribution is 2.27. The largest absolute Gasteiger partial charge is 0.276 e. The van der Waals surface area contributed by atoms with E-state index in [1.54, 1.807) is 48.6 Å². The maximum atomic E-state index is 11.0. The number of allylic oxidation sites excluding steroid dienone is 3. The molecule has 0 saturated heterocycles. The fraction of sp³-hybridized carbons (Fsp3) is 0. The third kappa shape index (κ3) is 4.47. The fourth-order valence-electron chi connectivity index (χ4n) is 2.35. The number of nitro benzene ring substituents is 1. The average Bonchev–Trinajstić information content (AvgIpc) is 3.16. The number of hydrogen-bond donors (Lipinski definition) is 0. The van der Waals surface area contributed by atoms with Crippen LogP contribution in [0.15, 0.2) is 66.1 Å². The molecule has 0 N–H and O–H groups in total. The Labute approximate surface area is 164 Å². The van der Waals surface area contributed by atoms with Crippen LogP contribution in [0.25, 0.3) is 22.9 Å². The predicted octanol–water partition coefficient (Wildman–Crippen LogP) is 5.99. The Kier molecular flexibility index (Phi) is 5.77. The van der Waals surface area contributed by atoms with Gasteiger partial charge in [-0.2, -0.15) is 5.26 Å². The quantitative estimate of drug-likeness (QED) is 0.230. The highest BCUT2D eigenvalue weighted by molar-refractivity contribution is 7.11. The lowest BCUT2D eigenvalue weighted by Crippen LogP contribution is -1.90. The number of nitro groups is 1. The lowest BCUT2D eigenvalue weighted by molar-refractivity contribution is -0.385. The summed E-state index contributed by atoms with van der Waals surface area (Å²) >= 11 is 7.25. The molecule has 0 unspecified atom stereocenters. The maximum Gasteiger partial charge on any atom is 0.276 e. The summed E-state index contributed by atoms with van der Waals surface area (Å²) < 4.78 is 0. The smallest absolute Gasteiger partial charge is 0.258 e. The highest BCUT2D eigenvalue weighted by atomic mass is 35.5. The third-order valence-corrected chi connectivity index (χ3v) is 4.79. The van der Waals surface area contributed by atoms with Gasteiger partial charge in [0.1, 0.15) is 11.1 Å². The Morgan fingerprint density at radius 3 is 2.67 bits per heavy atom. The van der Waals surface area contributed by atoms with E-state index in [0.29, 0.717) is 21.2 Å². The van der Waals surface area contributed by atoms with Gasteiger partial charge in [-0.3, -0.25) is 10.1 Å². The second-order valence-corrected chi connectivity index (χ2v) is 6.71. The van der Waals surface area contributed by atoms with Crippen LogP contribution >= 0.6 is 22.9 Å². The Hall–Kier alpha value is -3.27. The number of aromatic nitrogens is 1. The van der Waals surface area contributed by atoms with Gasteiger partial charge in [0.2, 0.25) is 0 Å². The number of rotatable bonds is 5. The number of hydrogen-bond acceptors (Lipinski definition) is 5. The zero-order valence-corrected chi connectivity index (χ0v) is 15.4. The van der Waals surface area contributed by atoms with Gasteiger partial charge in [-0.05, 0) is 30.4 Å². The minimum atomic E-state index is -0.437. The first-order valence-electron chi connectivity index (χ1n) is 7.82. The van der Waals surface area contributed by atoms with E-state index in [4.69, 9.17) is 11.6 Å². The Balaban J connectivity index is 1.85. The summed E-state index contributed by atoms with van der Waals surface area (Å²) in [5, 5.41) is 23.6. The lowest BCUT2D eigenvalue weighted by atomic mass is 10.1. The number of benzene rings is 2. The Morgan fingerprint density at radius 2 is 1.96 bits per heavy atom. The van der Waals surface area contributed by atoms with Gasteiger partial charge >= 0.3 is 0 Å². The topological polar surface area (TPSA) is 79.8 Å². The van der Waals surface area contributed by atoms with Gasteiger partial charge in [0.15, 0.2) is 0 Å². The zero-order valence-electron chi connectivity index (χ0n) is 13.9. The normalized spacial score (nSPS) is 11.5. The van der Waals surface area contributed by atoms with E-state index in [2.05, 4.69) is 11.1 Å². The molecule has 0 spiro atoms. The molecule has 7 heteroatoms. The van der Waals surface area contributed by atoms with Gasteiger partial charge in [0.25, 0.3) is 5.69 Å². The first kappa shape index (κ1) is 18.5. The second-order valence-electron chi connectivity index (χ2n) is 5.41. The average molecular weight is 394 g/mol. The Bertz CT molecular complexity index is 1080. The summed E-state index contributed by atoms with van der Waals surface area (Å²) in [6.07, 6.45) is 4.81. The fourth-order valence-corrected chi connectivity index (χ4v) is 3.28. The van der Waals surface area contributed by atoms with Crippen LogP contribution in [-0.4, -0.2) is 9.91 Å². The maximum absolute atomic E-state index is 11.0. The second kappa shape index (κ2) is 8.41. The standard InChI is InChI=1S/C20H12ClN3O2S/c21-17-10-8-14(9-11-17)18-13-27-20(23-18)16(12-22)6-3-5-15-4-1-2-7-19(15)24(25)26/h1-11,13H. The summed E-state index contributed by atoms with van der Waals surface area (Å²) in [6, 6.07) is 15.8. The summed E-state index contributed by atoms with van der Waals surface area (Å²) in [6.45, 7) is 0.